The van der Waals surface area contributed by atoms with E-state index in [0.717, 1.165) is 0 Å². The lowest BCUT2D eigenvalue weighted by Crippen LogP contribution is -2.10. The van der Waals surface area contributed by atoms with Crippen LogP contribution in [0.25, 0.3) is 0 Å². The van der Waals surface area contributed by atoms with Crippen LogP contribution < -0.4 is 0 Å². The van der Waals surface area contributed by atoms with E-state index in [2.05, 4.69) is 9.97 Å². The van der Waals surface area contributed by atoms with Crippen LogP contribution in [0.15, 0.2) is 6.07 Å². The molecule has 13 heavy (non-hydrogen) atoms. The van der Waals surface area contributed by atoms with Crippen molar-refractivity contribution in [2.24, 2.45) is 0 Å². The number of alkyl halides is 3. The van der Waals surface area contributed by atoms with Gasteiger partial charge in [-0.2, -0.15) is 0 Å². The van der Waals surface area contributed by atoms with E-state index in [4.69, 9.17) is 39.9 Å². The Morgan fingerprint density at radius 3 is 2.46 bits per heavy atom. The van der Waals surface area contributed by atoms with Gasteiger partial charge in [0, 0.05) is 5.69 Å². The first-order valence-electron chi connectivity index (χ1n) is 3.46. The van der Waals surface area contributed by atoms with Crippen LogP contribution in [-0.4, -0.2) is 15.1 Å². The summed E-state index contributed by atoms with van der Waals surface area (Å²) in [6, 6.07) is 1.62. The standard InChI is InChI=1S/C7H7Cl3N2O/c1-4-2-5(3-13)12-6(11-4)7(8,9)10/h2,13H,3H2,1H3. The van der Waals surface area contributed by atoms with Crippen LogP contribution in [-0.2, 0) is 10.4 Å². The van der Waals surface area contributed by atoms with Crippen molar-refractivity contribution in [1.82, 2.24) is 9.97 Å². The quantitative estimate of drug-likeness (QED) is 0.766. The van der Waals surface area contributed by atoms with Gasteiger partial charge in [-0.25, -0.2) is 9.97 Å². The Morgan fingerprint density at radius 2 is 2.00 bits per heavy atom. The first-order chi connectivity index (χ1) is 5.93. The van der Waals surface area contributed by atoms with E-state index in [1.54, 1.807) is 13.0 Å². The van der Waals surface area contributed by atoms with Crippen LogP contribution in [0.3, 0.4) is 0 Å². The van der Waals surface area contributed by atoms with Gasteiger partial charge in [-0.05, 0) is 13.0 Å². The number of aliphatic hydroxyl groups excluding tert-OH is 1. The number of rotatable bonds is 1. The number of aryl methyl sites for hydroxylation is 1. The molecule has 1 rings (SSSR count). The van der Waals surface area contributed by atoms with Gasteiger partial charge in [-0.1, -0.05) is 34.8 Å². The molecule has 0 spiro atoms. The summed E-state index contributed by atoms with van der Waals surface area (Å²) in [5.74, 6) is 0.0848. The number of halogens is 3. The van der Waals surface area contributed by atoms with Crippen LogP contribution in [0, 0.1) is 6.92 Å². The fourth-order valence-electron chi connectivity index (χ4n) is 0.842. The predicted molar refractivity (Wildman–Crippen MR) is 51.9 cm³/mol. The van der Waals surface area contributed by atoms with Crippen molar-refractivity contribution in [1.29, 1.82) is 0 Å². The van der Waals surface area contributed by atoms with Crippen LogP contribution in [0.5, 0.6) is 0 Å². The minimum atomic E-state index is -1.64. The number of aromatic nitrogens is 2. The predicted octanol–water partition coefficient (Wildman–Crippen LogP) is 2.10. The highest BCUT2D eigenvalue weighted by molar-refractivity contribution is 6.66. The molecule has 0 fully saturated rings. The lowest BCUT2D eigenvalue weighted by Gasteiger charge is -2.10. The molecule has 0 aliphatic carbocycles. The zero-order valence-electron chi connectivity index (χ0n) is 6.76. The van der Waals surface area contributed by atoms with Crippen molar-refractivity contribution in [2.75, 3.05) is 0 Å². The van der Waals surface area contributed by atoms with E-state index in [0.29, 0.717) is 11.4 Å². The Morgan fingerprint density at radius 1 is 1.38 bits per heavy atom. The molecule has 0 atom stereocenters. The van der Waals surface area contributed by atoms with Gasteiger partial charge in [-0.3, -0.25) is 0 Å². The van der Waals surface area contributed by atoms with Gasteiger partial charge in [0.05, 0.1) is 12.3 Å². The second-order valence-corrected chi connectivity index (χ2v) is 4.76. The second kappa shape index (κ2) is 3.96. The molecule has 0 unspecified atom stereocenters. The lowest BCUT2D eigenvalue weighted by atomic mass is 10.3. The van der Waals surface area contributed by atoms with Crippen LogP contribution in [0.1, 0.15) is 17.2 Å². The normalized spacial score (nSPS) is 11.8. The monoisotopic (exact) mass is 240 g/mol. The van der Waals surface area contributed by atoms with Gasteiger partial charge < -0.3 is 5.11 Å². The number of aliphatic hydroxyl groups is 1. The molecule has 0 bridgehead atoms. The Kier molecular flexibility index (Phi) is 3.35. The van der Waals surface area contributed by atoms with Crippen molar-refractivity contribution in [3.63, 3.8) is 0 Å². The van der Waals surface area contributed by atoms with E-state index in [9.17, 15) is 0 Å². The first-order valence-corrected chi connectivity index (χ1v) is 4.59. The zero-order valence-corrected chi connectivity index (χ0v) is 9.03. The maximum absolute atomic E-state index is 8.83. The fraction of sp³-hybridized carbons (Fsp3) is 0.429. The number of hydrogen-bond donors (Lipinski definition) is 1. The van der Waals surface area contributed by atoms with Crippen molar-refractivity contribution in [3.8, 4) is 0 Å². The minimum absolute atomic E-state index is 0.0848. The molecule has 0 saturated carbocycles. The third-order valence-corrected chi connectivity index (χ3v) is 1.83. The van der Waals surface area contributed by atoms with Crippen LogP contribution in [0.2, 0.25) is 0 Å². The molecule has 0 aromatic carbocycles. The van der Waals surface area contributed by atoms with E-state index in [1.807, 2.05) is 0 Å². The Labute approximate surface area is 90.7 Å². The maximum atomic E-state index is 8.83. The Hall–Kier alpha value is -0.0900. The van der Waals surface area contributed by atoms with Crippen LogP contribution >= 0.6 is 34.8 Å². The van der Waals surface area contributed by atoms with E-state index in [-0.39, 0.29) is 12.4 Å². The average molecular weight is 242 g/mol. The van der Waals surface area contributed by atoms with Crippen molar-refractivity contribution in [3.05, 3.63) is 23.3 Å². The summed E-state index contributed by atoms with van der Waals surface area (Å²) in [6.45, 7) is 1.54. The largest absolute Gasteiger partial charge is 0.390 e. The highest BCUT2D eigenvalue weighted by Crippen LogP contribution is 2.35. The van der Waals surface area contributed by atoms with Gasteiger partial charge in [0.15, 0.2) is 5.82 Å². The maximum Gasteiger partial charge on any atom is 0.250 e. The topological polar surface area (TPSA) is 46.0 Å². The molecular weight excluding hydrogens is 234 g/mol. The van der Waals surface area contributed by atoms with Gasteiger partial charge >= 0.3 is 0 Å². The molecule has 0 aliphatic heterocycles. The fourth-order valence-corrected chi connectivity index (χ4v) is 1.10. The van der Waals surface area contributed by atoms with Crippen molar-refractivity contribution >= 4 is 34.8 Å². The Balaban J connectivity index is 3.16. The SMILES string of the molecule is Cc1cc(CO)nc(C(Cl)(Cl)Cl)n1. The summed E-state index contributed by atoms with van der Waals surface area (Å²) in [5, 5.41) is 8.83. The molecule has 1 heterocycles. The van der Waals surface area contributed by atoms with Crippen molar-refractivity contribution < 1.29 is 5.11 Å². The molecule has 0 saturated heterocycles. The molecule has 0 amide bonds. The third kappa shape index (κ3) is 2.95. The Bertz CT molecular complexity index is 311. The zero-order chi connectivity index (χ0) is 10.1. The third-order valence-electron chi connectivity index (χ3n) is 1.32. The number of hydrogen-bond acceptors (Lipinski definition) is 3. The van der Waals surface area contributed by atoms with Crippen molar-refractivity contribution in [2.45, 2.75) is 17.3 Å². The first kappa shape index (κ1) is 11.0. The van der Waals surface area contributed by atoms with E-state index in [1.165, 1.54) is 0 Å². The van der Waals surface area contributed by atoms with Gasteiger partial charge in [0.2, 0.25) is 3.79 Å². The van der Waals surface area contributed by atoms with E-state index < -0.39 is 3.79 Å². The molecule has 0 aliphatic rings. The molecule has 0 radical (unpaired) electrons. The molecule has 1 aromatic heterocycles. The molecule has 6 heteroatoms. The molecule has 3 nitrogen and oxygen atoms in total. The minimum Gasteiger partial charge on any atom is -0.390 e. The summed E-state index contributed by atoms with van der Waals surface area (Å²) in [4.78, 5) is 7.80. The lowest BCUT2D eigenvalue weighted by molar-refractivity contribution is 0.276. The summed E-state index contributed by atoms with van der Waals surface area (Å²) in [6.07, 6.45) is 0. The van der Waals surface area contributed by atoms with Gasteiger partial charge in [0.1, 0.15) is 0 Å². The highest BCUT2D eigenvalue weighted by Gasteiger charge is 2.27. The van der Waals surface area contributed by atoms with Gasteiger partial charge in [-0.15, -0.1) is 0 Å². The molecule has 1 N–H and O–H groups in total. The second-order valence-electron chi connectivity index (χ2n) is 2.48. The average Bonchev–Trinajstić information content (AvgIpc) is 2.01. The highest BCUT2D eigenvalue weighted by atomic mass is 35.6. The van der Waals surface area contributed by atoms with Crippen LogP contribution in [0.4, 0.5) is 0 Å². The summed E-state index contributed by atoms with van der Waals surface area (Å²) >= 11 is 16.8. The summed E-state index contributed by atoms with van der Waals surface area (Å²) in [7, 11) is 0. The summed E-state index contributed by atoms with van der Waals surface area (Å²) in [5.41, 5.74) is 1.09. The van der Waals surface area contributed by atoms with Gasteiger partial charge in [0.25, 0.3) is 0 Å². The molecule has 1 aromatic rings. The smallest absolute Gasteiger partial charge is 0.250 e. The number of nitrogens with zero attached hydrogens (tertiary/aromatic N) is 2. The molecule has 72 valence electrons. The molecular formula is C7H7Cl3N2O. The summed E-state index contributed by atoms with van der Waals surface area (Å²) < 4.78 is -1.64. The van der Waals surface area contributed by atoms with E-state index >= 15 is 0 Å².